The standard InChI is InChI=1S/C29H34N2O3S/c1-21(2)19-26(28(33)34-3)31-27(32)25(30)20-35-29(22-13-7-4-8-14-22,23-15-9-5-10-16-23)24-17-11-6-12-18-24/h4-18,21,25-26H,19-20,30H2,1-3H3,(H,31,32)/t25-,26+/m0/s1. The van der Waals surface area contributed by atoms with Crippen molar-refractivity contribution in [3.05, 3.63) is 108 Å². The van der Waals surface area contributed by atoms with Gasteiger partial charge in [0.15, 0.2) is 0 Å². The minimum Gasteiger partial charge on any atom is -0.467 e. The van der Waals surface area contributed by atoms with Crippen molar-refractivity contribution in [2.75, 3.05) is 12.9 Å². The predicted octanol–water partition coefficient (Wildman–Crippen LogP) is 4.74. The van der Waals surface area contributed by atoms with E-state index in [4.69, 9.17) is 10.5 Å². The quantitative estimate of drug-likeness (QED) is 0.300. The lowest BCUT2D eigenvalue weighted by Crippen LogP contribution is -2.50. The third-order valence-corrected chi connectivity index (χ3v) is 7.53. The van der Waals surface area contributed by atoms with Crippen LogP contribution >= 0.6 is 11.8 Å². The van der Waals surface area contributed by atoms with Crippen LogP contribution in [0.3, 0.4) is 0 Å². The second kappa shape index (κ2) is 12.6. The van der Waals surface area contributed by atoms with E-state index >= 15 is 0 Å². The number of hydrogen-bond donors (Lipinski definition) is 2. The van der Waals surface area contributed by atoms with Crippen molar-refractivity contribution < 1.29 is 14.3 Å². The first-order valence-electron chi connectivity index (χ1n) is 11.8. The molecule has 0 radical (unpaired) electrons. The van der Waals surface area contributed by atoms with Gasteiger partial charge in [-0.25, -0.2) is 4.79 Å². The molecule has 3 N–H and O–H groups in total. The molecule has 184 valence electrons. The van der Waals surface area contributed by atoms with Crippen molar-refractivity contribution >= 4 is 23.6 Å². The number of methoxy groups -OCH3 is 1. The van der Waals surface area contributed by atoms with Crippen molar-refractivity contribution in [3.8, 4) is 0 Å². The topological polar surface area (TPSA) is 81.4 Å². The normalized spacial score (nSPS) is 13.2. The lowest BCUT2D eigenvalue weighted by Gasteiger charge is -2.36. The van der Waals surface area contributed by atoms with Crippen molar-refractivity contribution in [2.24, 2.45) is 11.7 Å². The van der Waals surface area contributed by atoms with Gasteiger partial charge in [-0.2, -0.15) is 0 Å². The van der Waals surface area contributed by atoms with E-state index in [1.54, 1.807) is 11.8 Å². The van der Waals surface area contributed by atoms with Gasteiger partial charge in [-0.15, -0.1) is 11.8 Å². The summed E-state index contributed by atoms with van der Waals surface area (Å²) < 4.78 is 4.31. The highest BCUT2D eigenvalue weighted by molar-refractivity contribution is 8.00. The maximum atomic E-state index is 13.0. The van der Waals surface area contributed by atoms with Gasteiger partial charge in [-0.05, 0) is 29.0 Å². The van der Waals surface area contributed by atoms with Crippen LogP contribution in [0.2, 0.25) is 0 Å². The molecule has 0 aliphatic carbocycles. The number of ether oxygens (including phenoxy) is 1. The minimum absolute atomic E-state index is 0.215. The Morgan fingerprint density at radius 2 is 1.29 bits per heavy atom. The van der Waals surface area contributed by atoms with Crippen LogP contribution in [0.4, 0.5) is 0 Å². The first kappa shape index (κ1) is 26.5. The Morgan fingerprint density at radius 1 is 0.857 bits per heavy atom. The summed E-state index contributed by atoms with van der Waals surface area (Å²) in [5.74, 6) is -0.261. The summed E-state index contributed by atoms with van der Waals surface area (Å²) in [7, 11) is 1.32. The molecule has 0 saturated heterocycles. The van der Waals surface area contributed by atoms with Gasteiger partial charge in [-0.3, -0.25) is 4.79 Å². The highest BCUT2D eigenvalue weighted by Crippen LogP contribution is 2.48. The van der Waals surface area contributed by atoms with Crippen molar-refractivity contribution in [3.63, 3.8) is 0 Å². The molecule has 0 fully saturated rings. The molecule has 1 amide bonds. The largest absolute Gasteiger partial charge is 0.467 e. The van der Waals surface area contributed by atoms with Crippen molar-refractivity contribution in [2.45, 2.75) is 37.1 Å². The second-order valence-corrected chi connectivity index (χ2v) is 10.1. The maximum absolute atomic E-state index is 13.0. The molecule has 0 spiro atoms. The van der Waals surface area contributed by atoms with E-state index in [2.05, 4.69) is 41.7 Å². The zero-order valence-electron chi connectivity index (χ0n) is 20.5. The summed E-state index contributed by atoms with van der Waals surface area (Å²) in [4.78, 5) is 25.2. The number of carbonyl (C=O) groups excluding carboxylic acids is 2. The zero-order chi connectivity index (χ0) is 25.3. The molecule has 0 aliphatic rings. The van der Waals surface area contributed by atoms with Crippen molar-refractivity contribution in [1.29, 1.82) is 0 Å². The molecule has 3 aromatic carbocycles. The van der Waals surface area contributed by atoms with Crippen LogP contribution < -0.4 is 11.1 Å². The number of benzene rings is 3. The number of rotatable bonds is 11. The number of thioether (sulfide) groups is 1. The Bertz CT molecular complexity index is 978. The molecule has 0 saturated carbocycles. The Morgan fingerprint density at radius 3 is 1.66 bits per heavy atom. The van der Waals surface area contributed by atoms with Gasteiger partial charge in [0.1, 0.15) is 6.04 Å². The van der Waals surface area contributed by atoms with E-state index in [-0.39, 0.29) is 11.8 Å². The fourth-order valence-corrected chi connectivity index (χ4v) is 5.65. The van der Waals surface area contributed by atoms with Gasteiger partial charge in [0.25, 0.3) is 0 Å². The van der Waals surface area contributed by atoms with Crippen LogP contribution in [0.15, 0.2) is 91.0 Å². The van der Waals surface area contributed by atoms with E-state index < -0.39 is 22.8 Å². The number of nitrogens with two attached hydrogens (primary N) is 1. The van der Waals surface area contributed by atoms with Gasteiger partial charge in [0, 0.05) is 5.75 Å². The first-order chi connectivity index (χ1) is 16.9. The average Bonchev–Trinajstić information content (AvgIpc) is 2.89. The summed E-state index contributed by atoms with van der Waals surface area (Å²) >= 11 is 1.62. The molecule has 3 aromatic rings. The van der Waals surface area contributed by atoms with Crippen LogP contribution in [0.1, 0.15) is 37.0 Å². The van der Waals surface area contributed by atoms with E-state index in [0.29, 0.717) is 12.2 Å². The Hall–Kier alpha value is -3.09. The van der Waals surface area contributed by atoms with E-state index in [0.717, 1.165) is 16.7 Å². The summed E-state index contributed by atoms with van der Waals surface area (Å²) in [6.45, 7) is 3.98. The van der Waals surface area contributed by atoms with Crippen LogP contribution in [-0.2, 0) is 19.1 Å². The Balaban J connectivity index is 1.93. The van der Waals surface area contributed by atoms with Gasteiger partial charge in [0.2, 0.25) is 5.91 Å². The molecule has 6 heteroatoms. The van der Waals surface area contributed by atoms with Crippen molar-refractivity contribution in [1.82, 2.24) is 5.32 Å². The summed E-state index contributed by atoms with van der Waals surface area (Å²) in [5, 5.41) is 2.80. The molecular weight excluding hydrogens is 456 g/mol. The van der Waals surface area contributed by atoms with Crippen LogP contribution in [-0.4, -0.2) is 36.8 Å². The highest BCUT2D eigenvalue weighted by Gasteiger charge is 2.38. The third-order valence-electron chi connectivity index (χ3n) is 5.87. The fourth-order valence-electron chi connectivity index (χ4n) is 4.17. The fraction of sp³-hybridized carbons (Fsp3) is 0.310. The summed E-state index contributed by atoms with van der Waals surface area (Å²) in [6.07, 6.45) is 0.486. The molecule has 0 aromatic heterocycles. The molecule has 0 aliphatic heterocycles. The molecule has 0 bridgehead atoms. The SMILES string of the molecule is COC(=O)[C@@H](CC(C)C)NC(=O)[C@@H](N)CSC(c1ccccc1)(c1ccccc1)c1ccccc1. The smallest absolute Gasteiger partial charge is 0.328 e. The third kappa shape index (κ3) is 6.53. The number of esters is 1. The average molecular weight is 491 g/mol. The number of nitrogens with one attached hydrogen (secondary N) is 1. The van der Waals surface area contributed by atoms with Crippen LogP contribution in [0.5, 0.6) is 0 Å². The molecule has 0 unspecified atom stereocenters. The molecule has 0 heterocycles. The monoisotopic (exact) mass is 490 g/mol. The van der Waals surface area contributed by atoms with E-state index in [1.807, 2.05) is 68.4 Å². The van der Waals surface area contributed by atoms with Crippen LogP contribution in [0, 0.1) is 5.92 Å². The van der Waals surface area contributed by atoms with Crippen LogP contribution in [0.25, 0.3) is 0 Å². The second-order valence-electron chi connectivity index (χ2n) is 8.91. The molecule has 35 heavy (non-hydrogen) atoms. The zero-order valence-corrected chi connectivity index (χ0v) is 21.3. The predicted molar refractivity (Wildman–Crippen MR) is 143 cm³/mol. The van der Waals surface area contributed by atoms with Gasteiger partial charge >= 0.3 is 5.97 Å². The minimum atomic E-state index is -0.810. The Kier molecular flexibility index (Phi) is 9.52. The van der Waals surface area contributed by atoms with E-state index in [9.17, 15) is 9.59 Å². The maximum Gasteiger partial charge on any atom is 0.328 e. The van der Waals surface area contributed by atoms with Gasteiger partial charge in [0.05, 0.1) is 17.9 Å². The summed E-state index contributed by atoms with van der Waals surface area (Å²) in [6, 6.07) is 29.2. The summed E-state index contributed by atoms with van der Waals surface area (Å²) in [5.41, 5.74) is 9.69. The van der Waals surface area contributed by atoms with Gasteiger partial charge < -0.3 is 15.8 Å². The molecule has 2 atom stereocenters. The number of hydrogen-bond acceptors (Lipinski definition) is 5. The number of amides is 1. The Labute approximate surface area is 212 Å². The molecule has 5 nitrogen and oxygen atoms in total. The number of carbonyl (C=O) groups is 2. The van der Waals surface area contributed by atoms with E-state index in [1.165, 1.54) is 7.11 Å². The lowest BCUT2D eigenvalue weighted by molar-refractivity contribution is -0.145. The first-order valence-corrected chi connectivity index (χ1v) is 12.8. The highest BCUT2D eigenvalue weighted by atomic mass is 32.2. The lowest BCUT2D eigenvalue weighted by atomic mass is 9.84. The van der Waals surface area contributed by atoms with Gasteiger partial charge in [-0.1, -0.05) is 105 Å². The molecular formula is C29H34N2O3S. The molecule has 3 rings (SSSR count).